The number of nitro benzene ring substituents is 1. The van der Waals surface area contributed by atoms with E-state index in [1.54, 1.807) is 6.07 Å². The van der Waals surface area contributed by atoms with Crippen LogP contribution in [0.3, 0.4) is 0 Å². The normalized spacial score (nSPS) is 10.1. The lowest BCUT2D eigenvalue weighted by molar-refractivity contribution is -0.385. The van der Waals surface area contributed by atoms with Crippen LogP contribution in [0, 0.1) is 13.7 Å². The maximum atomic E-state index is 10.5. The van der Waals surface area contributed by atoms with Gasteiger partial charge in [0.2, 0.25) is 0 Å². The summed E-state index contributed by atoms with van der Waals surface area (Å²) in [5.74, 6) is 0. The van der Waals surface area contributed by atoms with Crippen molar-refractivity contribution < 1.29 is 4.92 Å². The molecular formula is C7H6BrIN2O2. The molecule has 1 aromatic rings. The van der Waals surface area contributed by atoms with Crippen molar-refractivity contribution in [3.63, 3.8) is 0 Å². The van der Waals surface area contributed by atoms with Gasteiger partial charge in [0.25, 0.3) is 5.69 Å². The van der Waals surface area contributed by atoms with Crippen LogP contribution in [0.25, 0.3) is 0 Å². The summed E-state index contributed by atoms with van der Waals surface area (Å²) in [5.41, 5.74) is 6.42. The Kier molecular flexibility index (Phi) is 3.63. The van der Waals surface area contributed by atoms with Crippen molar-refractivity contribution in [2.45, 2.75) is 6.54 Å². The smallest absolute Gasteiger partial charge is 0.284 e. The molecule has 0 radical (unpaired) electrons. The first-order valence-electron chi connectivity index (χ1n) is 3.38. The maximum Gasteiger partial charge on any atom is 0.284 e. The Morgan fingerprint density at radius 1 is 1.62 bits per heavy atom. The lowest BCUT2D eigenvalue weighted by Gasteiger charge is -2.02. The van der Waals surface area contributed by atoms with Gasteiger partial charge < -0.3 is 5.73 Å². The monoisotopic (exact) mass is 356 g/mol. The first-order chi connectivity index (χ1) is 6.06. The summed E-state index contributed by atoms with van der Waals surface area (Å²) in [6.07, 6.45) is 0. The number of rotatable bonds is 2. The zero-order valence-electron chi connectivity index (χ0n) is 6.46. The lowest BCUT2D eigenvalue weighted by Crippen LogP contribution is -2.00. The van der Waals surface area contributed by atoms with E-state index < -0.39 is 4.92 Å². The van der Waals surface area contributed by atoms with Crippen LogP contribution >= 0.6 is 38.5 Å². The van der Waals surface area contributed by atoms with Gasteiger partial charge in [-0.1, -0.05) is 0 Å². The summed E-state index contributed by atoms with van der Waals surface area (Å²) < 4.78 is 1.29. The second-order valence-electron chi connectivity index (χ2n) is 2.36. The predicted octanol–water partition coefficient (Wildman–Crippen LogP) is 2.42. The number of halogens is 2. The van der Waals surface area contributed by atoms with Gasteiger partial charge in [-0.15, -0.1) is 0 Å². The first kappa shape index (κ1) is 10.9. The molecule has 0 bridgehead atoms. The summed E-state index contributed by atoms with van der Waals surface area (Å²) in [7, 11) is 0. The quantitative estimate of drug-likeness (QED) is 0.502. The fourth-order valence-corrected chi connectivity index (χ4v) is 2.08. The third-order valence-corrected chi connectivity index (χ3v) is 3.17. The van der Waals surface area contributed by atoms with Crippen molar-refractivity contribution in [2.24, 2.45) is 5.73 Å². The van der Waals surface area contributed by atoms with Crippen molar-refractivity contribution in [3.05, 3.63) is 35.9 Å². The molecule has 1 aromatic carbocycles. The molecule has 1 rings (SSSR count). The van der Waals surface area contributed by atoms with E-state index in [0.29, 0.717) is 11.0 Å². The highest BCUT2D eigenvalue weighted by Gasteiger charge is 2.14. The third kappa shape index (κ3) is 2.38. The average Bonchev–Trinajstić information content (AvgIpc) is 2.07. The molecule has 0 heterocycles. The van der Waals surface area contributed by atoms with Crippen LogP contribution in [0.15, 0.2) is 16.6 Å². The largest absolute Gasteiger partial charge is 0.326 e. The molecule has 4 nitrogen and oxygen atoms in total. The van der Waals surface area contributed by atoms with Crippen LogP contribution in [0.4, 0.5) is 5.69 Å². The molecule has 6 heteroatoms. The number of nitro groups is 1. The van der Waals surface area contributed by atoms with E-state index in [-0.39, 0.29) is 5.69 Å². The minimum absolute atomic E-state index is 0.0709. The molecule has 0 saturated heterocycles. The van der Waals surface area contributed by atoms with Crippen molar-refractivity contribution in [2.75, 3.05) is 0 Å². The molecule has 13 heavy (non-hydrogen) atoms. The number of hydrogen-bond acceptors (Lipinski definition) is 3. The zero-order chi connectivity index (χ0) is 10.0. The summed E-state index contributed by atoms with van der Waals surface area (Å²) in [4.78, 5) is 10.1. The van der Waals surface area contributed by atoms with Crippen molar-refractivity contribution in [3.8, 4) is 0 Å². The van der Waals surface area contributed by atoms with Gasteiger partial charge in [-0.3, -0.25) is 10.1 Å². The van der Waals surface area contributed by atoms with Gasteiger partial charge in [0.15, 0.2) is 0 Å². The van der Waals surface area contributed by atoms with E-state index in [9.17, 15) is 10.1 Å². The van der Waals surface area contributed by atoms with Crippen molar-refractivity contribution in [1.29, 1.82) is 0 Å². The Labute approximate surface area is 96.9 Å². The minimum atomic E-state index is -0.424. The molecule has 0 aliphatic heterocycles. The predicted molar refractivity (Wildman–Crippen MR) is 61.4 cm³/mol. The van der Waals surface area contributed by atoms with Crippen molar-refractivity contribution in [1.82, 2.24) is 0 Å². The van der Waals surface area contributed by atoms with E-state index in [1.165, 1.54) is 6.07 Å². The highest BCUT2D eigenvalue weighted by molar-refractivity contribution is 14.1. The number of hydrogen-bond donors (Lipinski definition) is 1. The standard InChI is InChI=1S/C7H6BrIN2O2/c8-5-1-4(3-10)6(9)2-7(5)11(12)13/h1-2H,3,10H2. The molecule has 0 unspecified atom stereocenters. The minimum Gasteiger partial charge on any atom is -0.326 e. The van der Waals surface area contributed by atoms with Gasteiger partial charge in [0.1, 0.15) is 0 Å². The first-order valence-corrected chi connectivity index (χ1v) is 5.25. The Hall–Kier alpha value is -0.210. The van der Waals surface area contributed by atoms with Gasteiger partial charge in [0, 0.05) is 16.2 Å². The van der Waals surface area contributed by atoms with E-state index >= 15 is 0 Å². The number of nitrogens with two attached hydrogens (primary N) is 1. The Morgan fingerprint density at radius 2 is 2.23 bits per heavy atom. The second kappa shape index (κ2) is 4.34. The summed E-state index contributed by atoms with van der Waals surface area (Å²) >= 11 is 5.15. The van der Waals surface area contributed by atoms with E-state index in [0.717, 1.165) is 9.13 Å². The fraction of sp³-hybridized carbons (Fsp3) is 0.143. The molecule has 0 aromatic heterocycles. The number of benzene rings is 1. The molecule has 0 saturated carbocycles. The summed E-state index contributed by atoms with van der Waals surface area (Å²) in [6, 6.07) is 3.19. The van der Waals surface area contributed by atoms with Crippen LogP contribution in [0.5, 0.6) is 0 Å². The number of nitrogens with zero attached hydrogens (tertiary/aromatic N) is 1. The van der Waals surface area contributed by atoms with Gasteiger partial charge in [-0.05, 0) is 50.2 Å². The highest BCUT2D eigenvalue weighted by atomic mass is 127. The Bertz CT molecular complexity index is 357. The maximum absolute atomic E-state index is 10.5. The van der Waals surface area contributed by atoms with Crippen molar-refractivity contribution >= 4 is 44.2 Å². The van der Waals surface area contributed by atoms with Gasteiger partial charge in [-0.25, -0.2) is 0 Å². The Morgan fingerprint density at radius 3 is 2.69 bits per heavy atom. The summed E-state index contributed by atoms with van der Waals surface area (Å²) in [5, 5.41) is 10.5. The molecule has 70 valence electrons. The molecule has 0 aliphatic rings. The zero-order valence-corrected chi connectivity index (χ0v) is 10.2. The van der Waals surface area contributed by atoms with E-state index in [2.05, 4.69) is 15.9 Å². The van der Waals surface area contributed by atoms with Crippen LogP contribution in [-0.4, -0.2) is 4.92 Å². The molecule has 0 atom stereocenters. The van der Waals surface area contributed by atoms with Crippen LogP contribution in [0.2, 0.25) is 0 Å². The molecule has 0 spiro atoms. The van der Waals surface area contributed by atoms with Gasteiger partial charge >= 0.3 is 0 Å². The molecule has 0 aliphatic carbocycles. The average molecular weight is 357 g/mol. The Balaban J connectivity index is 3.28. The second-order valence-corrected chi connectivity index (χ2v) is 4.37. The summed E-state index contributed by atoms with van der Waals surface area (Å²) in [6.45, 7) is 0.384. The van der Waals surface area contributed by atoms with Gasteiger partial charge in [-0.2, -0.15) is 0 Å². The SMILES string of the molecule is NCc1cc(Br)c([N+](=O)[O-])cc1I. The lowest BCUT2D eigenvalue weighted by atomic mass is 10.2. The van der Waals surface area contributed by atoms with Crippen LogP contribution in [0.1, 0.15) is 5.56 Å². The van der Waals surface area contributed by atoms with E-state index in [4.69, 9.17) is 5.73 Å². The van der Waals surface area contributed by atoms with E-state index in [1.807, 2.05) is 22.6 Å². The molecule has 2 N–H and O–H groups in total. The molecule has 0 fully saturated rings. The van der Waals surface area contributed by atoms with Crippen LogP contribution in [-0.2, 0) is 6.54 Å². The fourth-order valence-electron chi connectivity index (χ4n) is 0.874. The third-order valence-electron chi connectivity index (χ3n) is 1.53. The van der Waals surface area contributed by atoms with Crippen LogP contribution < -0.4 is 5.73 Å². The van der Waals surface area contributed by atoms with Gasteiger partial charge in [0.05, 0.1) is 9.40 Å². The molecular weight excluding hydrogens is 351 g/mol. The molecule has 0 amide bonds. The highest BCUT2D eigenvalue weighted by Crippen LogP contribution is 2.28. The topological polar surface area (TPSA) is 69.2 Å².